The summed E-state index contributed by atoms with van der Waals surface area (Å²) in [6.45, 7) is 8.07. The summed E-state index contributed by atoms with van der Waals surface area (Å²) in [7, 11) is -3.49. The fourth-order valence-electron chi connectivity index (χ4n) is 3.40. The van der Waals surface area contributed by atoms with Crippen LogP contribution in [0, 0.1) is 20.8 Å². The molecule has 29 heavy (non-hydrogen) atoms. The third-order valence-corrected chi connectivity index (χ3v) is 6.29. The Labute approximate surface area is 179 Å². The van der Waals surface area contributed by atoms with E-state index in [4.69, 9.17) is 11.6 Å². The Morgan fingerprint density at radius 3 is 2.41 bits per heavy atom. The number of carbonyl (C=O) groups is 1. The van der Waals surface area contributed by atoms with Gasteiger partial charge in [0.25, 0.3) is 0 Å². The molecule has 0 aliphatic rings. The third-order valence-electron chi connectivity index (χ3n) is 4.87. The first-order valence-electron chi connectivity index (χ1n) is 9.59. The topological polar surface area (TPSA) is 66.5 Å². The number of hydrogen-bond donors (Lipinski definition) is 1. The van der Waals surface area contributed by atoms with Crippen molar-refractivity contribution >= 4 is 33.2 Å². The van der Waals surface area contributed by atoms with Crippen LogP contribution in [0.15, 0.2) is 36.4 Å². The molecule has 5 nitrogen and oxygen atoms in total. The lowest BCUT2D eigenvalue weighted by Crippen LogP contribution is -2.33. The predicted molar refractivity (Wildman–Crippen MR) is 120 cm³/mol. The van der Waals surface area contributed by atoms with E-state index in [0.29, 0.717) is 17.1 Å². The highest BCUT2D eigenvalue weighted by Gasteiger charge is 2.20. The van der Waals surface area contributed by atoms with Crippen LogP contribution >= 0.6 is 11.6 Å². The van der Waals surface area contributed by atoms with E-state index in [9.17, 15) is 13.2 Å². The molecular formula is C22H29ClN2O3S. The molecule has 0 aromatic heterocycles. The minimum Gasteiger partial charge on any atom is -0.350 e. The first-order valence-corrected chi connectivity index (χ1v) is 11.8. The lowest BCUT2D eigenvalue weighted by molar-refractivity contribution is -0.121. The molecule has 0 unspecified atom stereocenters. The van der Waals surface area contributed by atoms with Crippen LogP contribution in [-0.4, -0.2) is 27.1 Å². The number of amides is 1. The van der Waals surface area contributed by atoms with Crippen LogP contribution in [0.4, 0.5) is 5.69 Å². The number of sulfonamides is 1. The zero-order valence-corrected chi connectivity index (χ0v) is 19.2. The summed E-state index contributed by atoms with van der Waals surface area (Å²) in [5.74, 6) is -0.103. The molecule has 0 saturated heterocycles. The molecule has 2 rings (SSSR count). The van der Waals surface area contributed by atoms with Gasteiger partial charge in [-0.05, 0) is 62.9 Å². The zero-order valence-electron chi connectivity index (χ0n) is 17.6. The molecule has 0 spiro atoms. The lowest BCUT2D eigenvalue weighted by Gasteiger charge is -2.24. The van der Waals surface area contributed by atoms with Crippen molar-refractivity contribution in [2.45, 2.75) is 46.6 Å². The Kier molecular flexibility index (Phi) is 7.72. The molecule has 7 heteroatoms. The minimum absolute atomic E-state index is 0.103. The number of benzene rings is 2. The number of aryl methyl sites for hydroxylation is 3. The van der Waals surface area contributed by atoms with Crippen LogP contribution in [0.1, 0.15) is 48.1 Å². The van der Waals surface area contributed by atoms with E-state index < -0.39 is 10.0 Å². The van der Waals surface area contributed by atoms with Gasteiger partial charge in [-0.15, -0.1) is 0 Å². The molecule has 2 aromatic carbocycles. The standard InChI is InChI=1S/C22H29ClN2O3S/c1-15-8-11-20(17(3)13-15)18(4)24-22(26)7-6-12-25(29(5,27)28)21-14-19(23)10-9-16(21)2/h8-11,13-14,18H,6-7,12H2,1-5H3,(H,24,26)/t18-/m1/s1. The second-order valence-corrected chi connectivity index (χ2v) is 9.86. The maximum Gasteiger partial charge on any atom is 0.232 e. The number of anilines is 1. The molecule has 0 aliphatic heterocycles. The van der Waals surface area contributed by atoms with Crippen molar-refractivity contribution in [2.75, 3.05) is 17.1 Å². The second kappa shape index (κ2) is 9.63. The smallest absolute Gasteiger partial charge is 0.232 e. The van der Waals surface area contributed by atoms with Crippen LogP contribution < -0.4 is 9.62 Å². The molecule has 1 atom stereocenters. The van der Waals surface area contributed by atoms with Crippen LogP contribution in [0.5, 0.6) is 0 Å². The van der Waals surface area contributed by atoms with Gasteiger partial charge in [0.1, 0.15) is 0 Å². The number of carbonyl (C=O) groups excluding carboxylic acids is 1. The van der Waals surface area contributed by atoms with Crippen molar-refractivity contribution in [3.05, 3.63) is 63.7 Å². The van der Waals surface area contributed by atoms with Gasteiger partial charge in [-0.3, -0.25) is 9.10 Å². The summed E-state index contributed by atoms with van der Waals surface area (Å²) in [5.41, 5.74) is 4.76. The number of hydrogen-bond acceptors (Lipinski definition) is 3. The molecule has 0 fully saturated rings. The van der Waals surface area contributed by atoms with Gasteiger partial charge in [0.05, 0.1) is 18.0 Å². The van der Waals surface area contributed by atoms with E-state index in [1.807, 2.05) is 39.8 Å². The van der Waals surface area contributed by atoms with Gasteiger partial charge in [0, 0.05) is 18.0 Å². The van der Waals surface area contributed by atoms with Gasteiger partial charge in [-0.25, -0.2) is 8.42 Å². The molecule has 0 radical (unpaired) electrons. The fraction of sp³-hybridized carbons (Fsp3) is 0.409. The molecule has 2 aromatic rings. The molecule has 0 saturated carbocycles. The maximum absolute atomic E-state index is 12.4. The highest BCUT2D eigenvalue weighted by molar-refractivity contribution is 7.92. The van der Waals surface area contributed by atoms with Crippen LogP contribution in [0.3, 0.4) is 0 Å². The van der Waals surface area contributed by atoms with Gasteiger partial charge >= 0.3 is 0 Å². The largest absolute Gasteiger partial charge is 0.350 e. The molecule has 1 amide bonds. The van der Waals surface area contributed by atoms with Gasteiger partial charge in [0.2, 0.25) is 15.9 Å². The van der Waals surface area contributed by atoms with Crippen molar-refractivity contribution in [1.82, 2.24) is 5.32 Å². The number of halogens is 1. The number of nitrogens with one attached hydrogen (secondary N) is 1. The number of nitrogens with zero attached hydrogens (tertiary/aromatic N) is 1. The Hall–Kier alpha value is -2.05. The summed E-state index contributed by atoms with van der Waals surface area (Å²) in [6.07, 6.45) is 1.81. The monoisotopic (exact) mass is 436 g/mol. The van der Waals surface area contributed by atoms with E-state index in [0.717, 1.165) is 22.9 Å². The van der Waals surface area contributed by atoms with E-state index in [2.05, 4.69) is 11.4 Å². The van der Waals surface area contributed by atoms with Crippen molar-refractivity contribution < 1.29 is 13.2 Å². The average Bonchev–Trinajstić information content (AvgIpc) is 2.60. The molecule has 1 N–H and O–H groups in total. The summed E-state index contributed by atoms with van der Waals surface area (Å²) in [5, 5.41) is 3.47. The second-order valence-electron chi connectivity index (χ2n) is 7.52. The van der Waals surface area contributed by atoms with Crippen LogP contribution in [0.2, 0.25) is 5.02 Å². The quantitative estimate of drug-likeness (QED) is 0.652. The minimum atomic E-state index is -3.49. The van der Waals surface area contributed by atoms with E-state index in [-0.39, 0.29) is 24.9 Å². The molecule has 0 heterocycles. The summed E-state index contributed by atoms with van der Waals surface area (Å²) < 4.78 is 25.9. The summed E-state index contributed by atoms with van der Waals surface area (Å²) >= 11 is 6.05. The highest BCUT2D eigenvalue weighted by atomic mass is 35.5. The van der Waals surface area contributed by atoms with E-state index in [1.165, 1.54) is 9.87 Å². The van der Waals surface area contributed by atoms with Crippen LogP contribution in [-0.2, 0) is 14.8 Å². The predicted octanol–water partition coefficient (Wildman–Crippen LogP) is 4.69. The third kappa shape index (κ3) is 6.47. The SMILES string of the molecule is Cc1ccc([C@@H](C)NC(=O)CCCN(c2cc(Cl)ccc2C)S(C)(=O)=O)c(C)c1. The molecular weight excluding hydrogens is 408 g/mol. The van der Waals surface area contributed by atoms with Gasteiger partial charge in [0.15, 0.2) is 0 Å². The Morgan fingerprint density at radius 2 is 1.79 bits per heavy atom. The van der Waals surface area contributed by atoms with Gasteiger partial charge in [-0.1, -0.05) is 41.4 Å². The Bertz CT molecular complexity index is 990. The summed E-state index contributed by atoms with van der Waals surface area (Å²) in [6, 6.07) is 11.2. The van der Waals surface area contributed by atoms with Crippen LogP contribution in [0.25, 0.3) is 0 Å². The van der Waals surface area contributed by atoms with E-state index >= 15 is 0 Å². The first-order chi connectivity index (χ1) is 13.5. The zero-order chi connectivity index (χ0) is 21.8. The molecule has 0 bridgehead atoms. The summed E-state index contributed by atoms with van der Waals surface area (Å²) in [4.78, 5) is 12.4. The average molecular weight is 437 g/mol. The van der Waals surface area contributed by atoms with E-state index in [1.54, 1.807) is 18.2 Å². The maximum atomic E-state index is 12.4. The highest BCUT2D eigenvalue weighted by Crippen LogP contribution is 2.26. The lowest BCUT2D eigenvalue weighted by atomic mass is 10.00. The molecule has 0 aliphatic carbocycles. The Morgan fingerprint density at radius 1 is 1.10 bits per heavy atom. The van der Waals surface area contributed by atoms with Crippen molar-refractivity contribution in [1.29, 1.82) is 0 Å². The van der Waals surface area contributed by atoms with Crippen molar-refractivity contribution in [2.24, 2.45) is 0 Å². The fourth-order valence-corrected chi connectivity index (χ4v) is 4.58. The molecule has 158 valence electrons. The van der Waals surface area contributed by atoms with Crippen molar-refractivity contribution in [3.63, 3.8) is 0 Å². The normalized spacial score (nSPS) is 12.5. The van der Waals surface area contributed by atoms with Crippen molar-refractivity contribution in [3.8, 4) is 0 Å². The van der Waals surface area contributed by atoms with Gasteiger partial charge < -0.3 is 5.32 Å². The van der Waals surface area contributed by atoms with Gasteiger partial charge in [-0.2, -0.15) is 0 Å². The number of rotatable bonds is 8. The first kappa shape index (κ1) is 23.2. The Balaban J connectivity index is 2.00.